The molecule has 0 fully saturated rings. The van der Waals surface area contributed by atoms with Crippen LogP contribution < -0.4 is 0 Å². The van der Waals surface area contributed by atoms with Crippen LogP contribution in [0.5, 0.6) is 0 Å². The van der Waals surface area contributed by atoms with Crippen LogP contribution in [-0.4, -0.2) is 18.9 Å². The van der Waals surface area contributed by atoms with Crippen LogP contribution in [-0.2, 0) is 0 Å². The van der Waals surface area contributed by atoms with Gasteiger partial charge in [-0.25, -0.2) is 9.97 Å². The Kier molecular flexibility index (Phi) is 6.82. The van der Waals surface area contributed by atoms with Crippen molar-refractivity contribution >= 4 is 49.1 Å². The molecule has 0 aliphatic carbocycles. The number of aromatic nitrogens is 4. The van der Waals surface area contributed by atoms with Crippen LogP contribution in [0.1, 0.15) is 0 Å². The summed E-state index contributed by atoms with van der Waals surface area (Å²) in [4.78, 5) is 10.8. The van der Waals surface area contributed by atoms with Crippen molar-refractivity contribution in [3.63, 3.8) is 0 Å². The molecule has 0 saturated carbocycles. The van der Waals surface area contributed by atoms with Crippen molar-refractivity contribution in [2.45, 2.75) is 0 Å². The molecule has 54 heavy (non-hydrogen) atoms. The molecule has 0 aliphatic heterocycles. The molecule has 0 unspecified atom stereocenters. The van der Waals surface area contributed by atoms with Crippen molar-refractivity contribution in [2.24, 2.45) is 0 Å². The van der Waals surface area contributed by atoms with Crippen LogP contribution in [0.25, 0.3) is 99.7 Å². The van der Waals surface area contributed by atoms with Gasteiger partial charge in [0.05, 0.1) is 22.2 Å². The van der Waals surface area contributed by atoms with Gasteiger partial charge in [0.25, 0.3) is 0 Å². The van der Waals surface area contributed by atoms with Gasteiger partial charge in [0.15, 0.2) is 0 Å². The van der Waals surface area contributed by atoms with E-state index in [2.05, 4.69) is 203 Å². The summed E-state index contributed by atoms with van der Waals surface area (Å²) < 4.78 is 4.57. The maximum Gasteiger partial charge on any atom is 0.236 e. The lowest BCUT2D eigenvalue weighted by Gasteiger charge is -2.13. The zero-order valence-electron chi connectivity index (χ0n) is 29.3. The minimum atomic E-state index is 0.636. The van der Waals surface area contributed by atoms with E-state index in [1.54, 1.807) is 0 Å². The van der Waals surface area contributed by atoms with Crippen molar-refractivity contribution in [3.05, 3.63) is 194 Å². The lowest BCUT2D eigenvalue weighted by atomic mass is 9.96. The fourth-order valence-corrected chi connectivity index (χ4v) is 8.29. The van der Waals surface area contributed by atoms with E-state index in [4.69, 9.17) is 9.97 Å². The van der Waals surface area contributed by atoms with Gasteiger partial charge in [0.1, 0.15) is 5.65 Å². The second kappa shape index (κ2) is 12.1. The van der Waals surface area contributed by atoms with Crippen molar-refractivity contribution in [1.29, 1.82) is 0 Å². The zero-order chi connectivity index (χ0) is 35.6. The molecule has 11 aromatic rings. The molecule has 0 atom stereocenters. The van der Waals surface area contributed by atoms with Gasteiger partial charge < -0.3 is 4.40 Å². The van der Waals surface area contributed by atoms with Crippen molar-refractivity contribution < 1.29 is 0 Å². The minimum Gasteiger partial charge on any atom is -0.302 e. The maximum absolute atomic E-state index is 5.47. The van der Waals surface area contributed by atoms with Gasteiger partial charge in [-0.3, -0.25) is 4.57 Å². The predicted molar refractivity (Wildman–Crippen MR) is 224 cm³/mol. The predicted octanol–water partition coefficient (Wildman–Crippen LogP) is 12.8. The summed E-state index contributed by atoms with van der Waals surface area (Å²) in [6.45, 7) is 0. The average Bonchev–Trinajstić information content (AvgIpc) is 3.76. The Morgan fingerprint density at radius 2 is 1.07 bits per heavy atom. The van der Waals surface area contributed by atoms with Gasteiger partial charge >= 0.3 is 0 Å². The molecule has 0 amide bonds. The number of hydrogen-bond donors (Lipinski definition) is 0. The van der Waals surface area contributed by atoms with Crippen LogP contribution in [0.15, 0.2) is 194 Å². The Morgan fingerprint density at radius 1 is 0.407 bits per heavy atom. The van der Waals surface area contributed by atoms with E-state index in [1.807, 2.05) is 0 Å². The summed E-state index contributed by atoms with van der Waals surface area (Å²) in [7, 11) is 0. The van der Waals surface area contributed by atoms with Crippen LogP contribution in [0.2, 0.25) is 0 Å². The SMILES string of the molecule is c1ccc(-c2ccc3c(c2)c2c(-c4ccccc4)c4ccccn4c2n3-c2nc(-c3ccc(-c4cccc5ccccc45)cc3)c3ccccc3n2)cc1. The number of benzene rings is 7. The molecule has 4 heterocycles. The van der Waals surface area contributed by atoms with E-state index in [0.717, 1.165) is 44.2 Å². The van der Waals surface area contributed by atoms with E-state index in [1.165, 1.54) is 49.5 Å². The molecule has 4 aromatic heterocycles. The Hall–Kier alpha value is -7.30. The number of fused-ring (bicyclic) bond motifs is 7. The van der Waals surface area contributed by atoms with Gasteiger partial charge in [-0.15, -0.1) is 0 Å². The standard InChI is InChI=1S/C50H32N4/c1-3-14-33(15-4-1)38-29-30-44-42(32-38)47-46(36-17-5-2-6-18-36)45-24-11-12-31-53(45)49(47)54(44)50-51-43-23-10-9-21-41(43)48(52-50)37-27-25-35(26-28-37)40-22-13-19-34-16-7-8-20-39(34)40/h1-32H. The number of nitrogens with zero attached hydrogens (tertiary/aromatic N) is 4. The minimum absolute atomic E-state index is 0.636. The lowest BCUT2D eigenvalue weighted by Crippen LogP contribution is -2.05. The van der Waals surface area contributed by atoms with Crippen LogP contribution >= 0.6 is 0 Å². The third kappa shape index (κ3) is 4.70. The van der Waals surface area contributed by atoms with E-state index >= 15 is 0 Å². The zero-order valence-corrected chi connectivity index (χ0v) is 29.3. The molecule has 0 saturated heterocycles. The fraction of sp³-hybridized carbons (Fsp3) is 0. The van der Waals surface area contributed by atoms with Gasteiger partial charge in [0, 0.05) is 33.5 Å². The summed E-state index contributed by atoms with van der Waals surface area (Å²) in [5.74, 6) is 0.636. The van der Waals surface area contributed by atoms with Crippen LogP contribution in [0.4, 0.5) is 0 Å². The van der Waals surface area contributed by atoms with Crippen LogP contribution in [0.3, 0.4) is 0 Å². The molecule has 0 spiro atoms. The topological polar surface area (TPSA) is 35.1 Å². The first kappa shape index (κ1) is 30.3. The summed E-state index contributed by atoms with van der Waals surface area (Å²) in [5.41, 5.74) is 13.2. The van der Waals surface area contributed by atoms with Gasteiger partial charge in [-0.2, -0.15) is 0 Å². The third-order valence-corrected chi connectivity index (χ3v) is 10.8. The number of hydrogen-bond acceptors (Lipinski definition) is 2. The van der Waals surface area contributed by atoms with E-state index < -0.39 is 0 Å². The molecule has 252 valence electrons. The van der Waals surface area contributed by atoms with Gasteiger partial charge in [-0.1, -0.05) is 158 Å². The highest BCUT2D eigenvalue weighted by atomic mass is 15.2. The molecule has 0 N–H and O–H groups in total. The smallest absolute Gasteiger partial charge is 0.236 e. The normalized spacial score (nSPS) is 11.7. The van der Waals surface area contributed by atoms with Crippen LogP contribution in [0, 0.1) is 0 Å². The molecule has 11 rings (SSSR count). The molecule has 0 radical (unpaired) electrons. The molecular formula is C50H32N4. The number of rotatable bonds is 5. The highest BCUT2D eigenvalue weighted by Gasteiger charge is 2.25. The first-order valence-corrected chi connectivity index (χ1v) is 18.3. The maximum atomic E-state index is 5.47. The van der Waals surface area contributed by atoms with E-state index in [9.17, 15) is 0 Å². The second-order valence-corrected chi connectivity index (χ2v) is 13.8. The summed E-state index contributed by atoms with van der Waals surface area (Å²) in [5, 5.41) is 5.84. The molecule has 7 aromatic carbocycles. The lowest BCUT2D eigenvalue weighted by molar-refractivity contribution is 0.987. The highest BCUT2D eigenvalue weighted by Crippen LogP contribution is 2.44. The number of para-hydroxylation sites is 1. The Morgan fingerprint density at radius 3 is 1.91 bits per heavy atom. The first-order chi connectivity index (χ1) is 26.8. The van der Waals surface area contributed by atoms with Gasteiger partial charge in [-0.05, 0) is 68.9 Å². The van der Waals surface area contributed by atoms with Crippen molar-refractivity contribution in [1.82, 2.24) is 18.9 Å². The molecular weight excluding hydrogens is 657 g/mol. The Labute approximate surface area is 311 Å². The van der Waals surface area contributed by atoms with Crippen molar-refractivity contribution in [2.75, 3.05) is 0 Å². The summed E-state index contributed by atoms with van der Waals surface area (Å²) in [6, 6.07) is 66.8. The molecule has 4 heteroatoms. The third-order valence-electron chi connectivity index (χ3n) is 10.8. The molecule has 0 aliphatic rings. The Balaban J connectivity index is 1.19. The highest BCUT2D eigenvalue weighted by molar-refractivity contribution is 6.20. The second-order valence-electron chi connectivity index (χ2n) is 13.8. The Bertz CT molecular complexity index is 3190. The average molecular weight is 689 g/mol. The first-order valence-electron chi connectivity index (χ1n) is 18.3. The fourth-order valence-electron chi connectivity index (χ4n) is 8.29. The molecule has 4 nitrogen and oxygen atoms in total. The number of pyridine rings is 1. The quantitative estimate of drug-likeness (QED) is 0.180. The monoisotopic (exact) mass is 688 g/mol. The van der Waals surface area contributed by atoms with Gasteiger partial charge in [0.2, 0.25) is 5.95 Å². The molecule has 0 bridgehead atoms. The van der Waals surface area contributed by atoms with E-state index in [0.29, 0.717) is 5.95 Å². The van der Waals surface area contributed by atoms with Crippen molar-refractivity contribution in [3.8, 4) is 50.6 Å². The largest absolute Gasteiger partial charge is 0.302 e. The summed E-state index contributed by atoms with van der Waals surface area (Å²) in [6.07, 6.45) is 2.16. The summed E-state index contributed by atoms with van der Waals surface area (Å²) >= 11 is 0. The van der Waals surface area contributed by atoms with E-state index in [-0.39, 0.29) is 0 Å².